The first-order valence-corrected chi connectivity index (χ1v) is 16.0. The number of hydrogen-bond acceptors (Lipinski definition) is 7. The fourth-order valence-corrected chi connectivity index (χ4v) is 6.11. The molecule has 0 atom stereocenters. The molecule has 0 bridgehead atoms. The van der Waals surface area contributed by atoms with Crippen LogP contribution in [0.5, 0.6) is 5.75 Å². The number of ether oxygens (including phenoxy) is 1. The smallest absolute Gasteiger partial charge is 0.355 e. The average Bonchev–Trinajstić information content (AvgIpc) is 3.55. The summed E-state index contributed by atoms with van der Waals surface area (Å²) < 4.78 is 46.1. The minimum atomic E-state index is -3.85. The molecular formula is C31H27FN4O5S2. The number of thiazole rings is 1. The Hall–Kier alpha value is -4.39. The number of carbonyl (C=O) groups is 1. The molecule has 1 aliphatic carbocycles. The second-order valence-electron chi connectivity index (χ2n) is 10.4. The molecule has 5 aromatic rings. The van der Waals surface area contributed by atoms with Crippen LogP contribution >= 0.6 is 11.3 Å². The zero-order valence-electron chi connectivity index (χ0n) is 22.8. The molecule has 9 nitrogen and oxygen atoms in total. The van der Waals surface area contributed by atoms with Crippen molar-refractivity contribution in [3.8, 4) is 22.1 Å². The number of halogens is 1. The number of hydrogen-bond donors (Lipinski definition) is 2. The molecule has 1 saturated carbocycles. The van der Waals surface area contributed by atoms with Crippen molar-refractivity contribution in [1.82, 2.24) is 14.8 Å². The summed E-state index contributed by atoms with van der Waals surface area (Å²) >= 11 is 1.18. The highest BCUT2D eigenvalue weighted by atomic mass is 32.2. The van der Waals surface area contributed by atoms with E-state index in [0.717, 1.165) is 35.2 Å². The van der Waals surface area contributed by atoms with Crippen LogP contribution in [0.25, 0.3) is 16.4 Å². The van der Waals surface area contributed by atoms with Gasteiger partial charge in [-0.3, -0.25) is 0 Å². The quantitative estimate of drug-likeness (QED) is 0.197. The van der Waals surface area contributed by atoms with E-state index < -0.39 is 21.8 Å². The highest BCUT2D eigenvalue weighted by molar-refractivity contribution is 7.89. The van der Waals surface area contributed by atoms with Gasteiger partial charge in [-0.2, -0.15) is 5.10 Å². The number of primary sulfonamides is 1. The fourth-order valence-electron chi connectivity index (χ4n) is 4.82. The van der Waals surface area contributed by atoms with Crippen LogP contribution in [-0.4, -0.2) is 34.3 Å². The molecule has 3 N–H and O–H groups in total. The van der Waals surface area contributed by atoms with E-state index in [1.165, 1.54) is 34.9 Å². The lowest BCUT2D eigenvalue weighted by Gasteiger charge is -2.11. The zero-order chi connectivity index (χ0) is 30.1. The van der Waals surface area contributed by atoms with Crippen LogP contribution < -0.4 is 9.88 Å². The van der Waals surface area contributed by atoms with Crippen LogP contribution in [0.4, 0.5) is 4.39 Å². The van der Waals surface area contributed by atoms with E-state index in [0.29, 0.717) is 35.1 Å². The predicted molar refractivity (Wildman–Crippen MR) is 159 cm³/mol. The van der Waals surface area contributed by atoms with E-state index in [1.54, 1.807) is 28.9 Å². The third-order valence-electron chi connectivity index (χ3n) is 7.24. The lowest BCUT2D eigenvalue weighted by Crippen LogP contribution is -2.12. The summed E-state index contributed by atoms with van der Waals surface area (Å²) in [6.45, 7) is 0.183. The number of carboxylic acid groups (broad SMARTS) is 1. The topological polar surface area (TPSA) is 137 Å². The van der Waals surface area contributed by atoms with Gasteiger partial charge in [-0.1, -0.05) is 42.5 Å². The summed E-state index contributed by atoms with van der Waals surface area (Å²) in [5.74, 6) is -1.12. The van der Waals surface area contributed by atoms with Gasteiger partial charge in [0.25, 0.3) is 0 Å². The molecule has 2 aromatic heterocycles. The highest BCUT2D eigenvalue weighted by Gasteiger charge is 2.29. The van der Waals surface area contributed by atoms with Gasteiger partial charge in [0.05, 0.1) is 16.3 Å². The van der Waals surface area contributed by atoms with Crippen molar-refractivity contribution in [2.45, 2.75) is 37.2 Å². The molecule has 12 heteroatoms. The van der Waals surface area contributed by atoms with E-state index >= 15 is 0 Å². The molecule has 0 spiro atoms. The largest absolute Gasteiger partial charge is 0.486 e. The molecule has 6 rings (SSSR count). The zero-order valence-corrected chi connectivity index (χ0v) is 24.4. The van der Waals surface area contributed by atoms with E-state index in [4.69, 9.17) is 15.0 Å². The summed E-state index contributed by atoms with van der Waals surface area (Å²) in [6.07, 6.45) is 3.21. The maximum Gasteiger partial charge on any atom is 0.355 e. The van der Waals surface area contributed by atoms with Gasteiger partial charge < -0.3 is 9.84 Å². The summed E-state index contributed by atoms with van der Waals surface area (Å²) in [5, 5.41) is 21.6. The Morgan fingerprint density at radius 3 is 2.47 bits per heavy atom. The van der Waals surface area contributed by atoms with Crippen molar-refractivity contribution in [3.05, 3.63) is 112 Å². The van der Waals surface area contributed by atoms with Gasteiger partial charge in [0.1, 0.15) is 6.61 Å². The van der Waals surface area contributed by atoms with Crippen LogP contribution in [0.3, 0.4) is 0 Å². The van der Waals surface area contributed by atoms with Gasteiger partial charge in [-0.05, 0) is 66.6 Å². The van der Waals surface area contributed by atoms with Crippen molar-refractivity contribution < 1.29 is 27.4 Å². The van der Waals surface area contributed by atoms with Gasteiger partial charge in [-0.15, -0.1) is 11.3 Å². The number of rotatable bonds is 11. The maximum atomic E-state index is 14.9. The number of aromatic carboxylic acids is 1. The minimum absolute atomic E-state index is 0.00750. The number of nitrogens with two attached hydrogens (primary N) is 1. The Balaban J connectivity index is 1.45. The number of nitrogens with zero attached hydrogens (tertiary/aromatic N) is 3. The van der Waals surface area contributed by atoms with E-state index in [2.05, 4.69) is 4.98 Å². The molecule has 0 aliphatic heterocycles. The Morgan fingerprint density at radius 1 is 1.07 bits per heavy atom. The standard InChI is InChI=1S/C31H27FN4O5S2/c32-25-13-10-22(16-28(25)41-17-21-4-2-1-3-5-21)29-24(14-19-8-11-23(12-9-19)43(33,39)40)27(15-20-6-7-20)36(35-29)31-34-26(18-42-31)30(37)38/h1-5,8-13,16,18,20H,6-7,14-15,17H2,(H,37,38)(H2,33,39,40). The lowest BCUT2D eigenvalue weighted by molar-refractivity contribution is 0.0691. The molecule has 43 heavy (non-hydrogen) atoms. The molecular weight excluding hydrogens is 591 g/mol. The number of aromatic nitrogens is 3. The van der Waals surface area contributed by atoms with E-state index in [-0.39, 0.29) is 22.9 Å². The van der Waals surface area contributed by atoms with Crippen LogP contribution in [-0.2, 0) is 29.5 Å². The van der Waals surface area contributed by atoms with Crippen molar-refractivity contribution in [3.63, 3.8) is 0 Å². The van der Waals surface area contributed by atoms with Crippen molar-refractivity contribution in [2.24, 2.45) is 11.1 Å². The average molecular weight is 619 g/mol. The lowest BCUT2D eigenvalue weighted by atomic mass is 9.97. The Labute approximate surface area is 251 Å². The first-order valence-electron chi connectivity index (χ1n) is 13.5. The number of carboxylic acids is 1. The minimum Gasteiger partial charge on any atom is -0.486 e. The van der Waals surface area contributed by atoms with E-state index in [1.807, 2.05) is 30.3 Å². The first-order chi connectivity index (χ1) is 20.7. The third-order valence-corrected chi connectivity index (χ3v) is 8.98. The Kier molecular flexibility index (Phi) is 7.82. The summed E-state index contributed by atoms with van der Waals surface area (Å²) in [4.78, 5) is 15.9. The normalized spacial score (nSPS) is 13.3. The SMILES string of the molecule is NS(=O)(=O)c1ccc(Cc2c(-c3ccc(F)c(OCc4ccccc4)c3)nn(-c3nc(C(=O)O)cs3)c2CC2CC2)cc1. The van der Waals surface area contributed by atoms with Gasteiger partial charge in [0, 0.05) is 22.9 Å². The highest BCUT2D eigenvalue weighted by Crippen LogP contribution is 2.39. The molecule has 3 aromatic carbocycles. The molecule has 0 saturated heterocycles. The molecule has 0 unspecified atom stereocenters. The Morgan fingerprint density at radius 2 is 1.81 bits per heavy atom. The molecule has 2 heterocycles. The number of sulfonamides is 1. The first kappa shape index (κ1) is 28.7. The van der Waals surface area contributed by atoms with Crippen LogP contribution in [0.15, 0.2) is 83.1 Å². The fraction of sp³-hybridized carbons (Fsp3) is 0.194. The molecule has 1 aliphatic rings. The van der Waals surface area contributed by atoms with Crippen LogP contribution in [0, 0.1) is 11.7 Å². The van der Waals surface area contributed by atoms with Crippen molar-refractivity contribution in [1.29, 1.82) is 0 Å². The third kappa shape index (κ3) is 6.51. The summed E-state index contributed by atoms with van der Waals surface area (Å²) in [5.41, 5.74) is 4.55. The monoisotopic (exact) mass is 618 g/mol. The van der Waals surface area contributed by atoms with Crippen molar-refractivity contribution >= 4 is 27.3 Å². The summed E-state index contributed by atoms with van der Waals surface area (Å²) in [6, 6.07) is 20.4. The molecule has 220 valence electrons. The Bertz CT molecular complexity index is 1900. The predicted octanol–water partition coefficient (Wildman–Crippen LogP) is 5.60. The van der Waals surface area contributed by atoms with Crippen LogP contribution in [0.2, 0.25) is 0 Å². The number of benzene rings is 3. The summed E-state index contributed by atoms with van der Waals surface area (Å²) in [7, 11) is -3.85. The van der Waals surface area contributed by atoms with Gasteiger partial charge in [0.2, 0.25) is 15.2 Å². The molecule has 0 amide bonds. The molecule has 0 radical (unpaired) electrons. The van der Waals surface area contributed by atoms with Crippen molar-refractivity contribution in [2.75, 3.05) is 0 Å². The second kappa shape index (κ2) is 11.7. The van der Waals surface area contributed by atoms with E-state index in [9.17, 15) is 22.7 Å². The maximum absolute atomic E-state index is 14.9. The molecule has 1 fully saturated rings. The van der Waals surface area contributed by atoms with Gasteiger partial charge in [0.15, 0.2) is 17.3 Å². The van der Waals surface area contributed by atoms with Gasteiger partial charge in [-0.25, -0.2) is 32.4 Å². The second-order valence-corrected chi connectivity index (χ2v) is 12.8. The van der Waals surface area contributed by atoms with Crippen LogP contribution in [0.1, 0.15) is 45.7 Å². The van der Waals surface area contributed by atoms with Gasteiger partial charge >= 0.3 is 5.97 Å².